The van der Waals surface area contributed by atoms with Crippen LogP contribution in [0.15, 0.2) is 22.8 Å². The summed E-state index contributed by atoms with van der Waals surface area (Å²) in [6.45, 7) is 1.91. The standard InChI is InChI=1S/C9H10O2/c1-7-2-3-8(4-5-10)9(7)6-11/h3,5-6H,2,4H2,1H3. The highest BCUT2D eigenvalue weighted by Crippen LogP contribution is 2.25. The normalized spacial score (nSPS) is 16.6. The zero-order valence-corrected chi connectivity index (χ0v) is 6.46. The summed E-state index contributed by atoms with van der Waals surface area (Å²) in [5, 5.41) is 0. The van der Waals surface area contributed by atoms with Gasteiger partial charge in [0.05, 0.1) is 0 Å². The Labute approximate surface area is 65.6 Å². The maximum Gasteiger partial charge on any atom is 0.150 e. The van der Waals surface area contributed by atoms with E-state index in [0.29, 0.717) is 6.42 Å². The molecular formula is C9H10O2. The van der Waals surface area contributed by atoms with E-state index in [0.717, 1.165) is 35.7 Å². The zero-order valence-electron chi connectivity index (χ0n) is 6.46. The minimum atomic E-state index is 0.366. The smallest absolute Gasteiger partial charge is 0.150 e. The Kier molecular flexibility index (Phi) is 2.36. The van der Waals surface area contributed by atoms with Gasteiger partial charge in [-0.1, -0.05) is 11.6 Å². The second-order valence-electron chi connectivity index (χ2n) is 2.62. The second kappa shape index (κ2) is 3.28. The van der Waals surface area contributed by atoms with Crippen molar-refractivity contribution in [2.45, 2.75) is 19.8 Å². The number of hydrogen-bond donors (Lipinski definition) is 0. The summed E-state index contributed by atoms with van der Waals surface area (Å²) in [6.07, 6.45) is 4.78. The molecule has 58 valence electrons. The lowest BCUT2D eigenvalue weighted by Crippen LogP contribution is -1.90. The van der Waals surface area contributed by atoms with Crippen LogP contribution < -0.4 is 0 Å². The summed E-state index contributed by atoms with van der Waals surface area (Å²) >= 11 is 0. The van der Waals surface area contributed by atoms with E-state index >= 15 is 0 Å². The molecule has 0 aliphatic heterocycles. The van der Waals surface area contributed by atoms with Crippen LogP contribution >= 0.6 is 0 Å². The van der Waals surface area contributed by atoms with Gasteiger partial charge in [0.15, 0.2) is 0 Å². The first kappa shape index (κ1) is 7.92. The van der Waals surface area contributed by atoms with Crippen molar-refractivity contribution in [1.29, 1.82) is 0 Å². The number of rotatable bonds is 3. The van der Waals surface area contributed by atoms with Gasteiger partial charge in [0.1, 0.15) is 12.6 Å². The monoisotopic (exact) mass is 150 g/mol. The molecule has 0 aromatic rings. The van der Waals surface area contributed by atoms with Crippen molar-refractivity contribution in [3.8, 4) is 0 Å². The van der Waals surface area contributed by atoms with E-state index in [4.69, 9.17) is 0 Å². The summed E-state index contributed by atoms with van der Waals surface area (Å²) in [6, 6.07) is 0. The Morgan fingerprint density at radius 3 is 2.82 bits per heavy atom. The molecule has 0 radical (unpaired) electrons. The van der Waals surface area contributed by atoms with Crippen molar-refractivity contribution in [3.63, 3.8) is 0 Å². The van der Waals surface area contributed by atoms with E-state index in [2.05, 4.69) is 0 Å². The van der Waals surface area contributed by atoms with Crippen LogP contribution in [0.4, 0.5) is 0 Å². The van der Waals surface area contributed by atoms with Crippen molar-refractivity contribution in [3.05, 3.63) is 22.8 Å². The van der Waals surface area contributed by atoms with Crippen molar-refractivity contribution >= 4 is 12.6 Å². The fourth-order valence-corrected chi connectivity index (χ4v) is 1.23. The van der Waals surface area contributed by atoms with Crippen LogP contribution in [0.1, 0.15) is 19.8 Å². The molecule has 1 rings (SSSR count). The van der Waals surface area contributed by atoms with Crippen LogP contribution in [0.25, 0.3) is 0 Å². The van der Waals surface area contributed by atoms with E-state index in [1.807, 2.05) is 13.0 Å². The molecule has 0 saturated heterocycles. The van der Waals surface area contributed by atoms with Crippen LogP contribution in [0.2, 0.25) is 0 Å². The summed E-state index contributed by atoms with van der Waals surface area (Å²) < 4.78 is 0. The molecular weight excluding hydrogens is 140 g/mol. The molecule has 0 unspecified atom stereocenters. The van der Waals surface area contributed by atoms with Crippen LogP contribution in [0.3, 0.4) is 0 Å². The van der Waals surface area contributed by atoms with Gasteiger partial charge in [-0.2, -0.15) is 0 Å². The number of carbonyl (C=O) groups is 2. The lowest BCUT2D eigenvalue weighted by Gasteiger charge is -1.96. The molecule has 0 fully saturated rings. The van der Waals surface area contributed by atoms with Gasteiger partial charge in [0, 0.05) is 12.0 Å². The topological polar surface area (TPSA) is 34.1 Å². The quantitative estimate of drug-likeness (QED) is 0.570. The van der Waals surface area contributed by atoms with Gasteiger partial charge in [-0.25, -0.2) is 0 Å². The molecule has 2 nitrogen and oxygen atoms in total. The average Bonchev–Trinajstić information content (AvgIpc) is 2.33. The minimum absolute atomic E-state index is 0.366. The molecule has 1 aliphatic carbocycles. The third-order valence-corrected chi connectivity index (χ3v) is 1.88. The lowest BCUT2D eigenvalue weighted by molar-refractivity contribution is -0.107. The second-order valence-corrected chi connectivity index (χ2v) is 2.62. The summed E-state index contributed by atoms with van der Waals surface area (Å²) in [5.74, 6) is 0. The third-order valence-electron chi connectivity index (χ3n) is 1.88. The van der Waals surface area contributed by atoms with Crippen LogP contribution in [-0.2, 0) is 9.59 Å². The highest BCUT2D eigenvalue weighted by molar-refractivity contribution is 5.84. The van der Waals surface area contributed by atoms with Crippen molar-refractivity contribution in [2.75, 3.05) is 0 Å². The maximum absolute atomic E-state index is 10.5. The molecule has 0 saturated carbocycles. The van der Waals surface area contributed by atoms with Gasteiger partial charge >= 0.3 is 0 Å². The van der Waals surface area contributed by atoms with E-state index in [9.17, 15) is 9.59 Å². The first-order chi connectivity index (χ1) is 5.29. The van der Waals surface area contributed by atoms with Gasteiger partial charge in [0.2, 0.25) is 0 Å². The van der Waals surface area contributed by atoms with Gasteiger partial charge in [-0.15, -0.1) is 0 Å². The Hall–Kier alpha value is -1.18. The van der Waals surface area contributed by atoms with Gasteiger partial charge < -0.3 is 4.79 Å². The Morgan fingerprint density at radius 1 is 1.55 bits per heavy atom. The van der Waals surface area contributed by atoms with Crippen LogP contribution in [-0.4, -0.2) is 12.6 Å². The highest BCUT2D eigenvalue weighted by atomic mass is 16.1. The summed E-state index contributed by atoms with van der Waals surface area (Å²) in [5.41, 5.74) is 2.67. The fraction of sp³-hybridized carbons (Fsp3) is 0.333. The molecule has 0 heterocycles. The predicted molar refractivity (Wildman–Crippen MR) is 42.1 cm³/mol. The van der Waals surface area contributed by atoms with E-state index in [1.165, 1.54) is 0 Å². The molecule has 0 spiro atoms. The van der Waals surface area contributed by atoms with E-state index < -0.39 is 0 Å². The first-order valence-corrected chi connectivity index (χ1v) is 3.57. The average molecular weight is 150 g/mol. The highest BCUT2D eigenvalue weighted by Gasteiger charge is 2.12. The zero-order chi connectivity index (χ0) is 8.27. The summed E-state index contributed by atoms with van der Waals surface area (Å²) in [4.78, 5) is 20.6. The molecule has 1 aliphatic rings. The van der Waals surface area contributed by atoms with Crippen molar-refractivity contribution in [1.82, 2.24) is 0 Å². The van der Waals surface area contributed by atoms with Gasteiger partial charge in [0.25, 0.3) is 0 Å². The lowest BCUT2D eigenvalue weighted by atomic mass is 10.1. The SMILES string of the molecule is CC1=C(C=O)C(CC=O)=CC1. The molecule has 0 bridgehead atoms. The Morgan fingerprint density at radius 2 is 2.27 bits per heavy atom. The van der Waals surface area contributed by atoms with Crippen LogP contribution in [0.5, 0.6) is 0 Å². The molecule has 0 atom stereocenters. The number of hydrogen-bond acceptors (Lipinski definition) is 2. The van der Waals surface area contributed by atoms with E-state index in [-0.39, 0.29) is 0 Å². The fourth-order valence-electron chi connectivity index (χ4n) is 1.23. The molecule has 0 amide bonds. The molecule has 2 heteroatoms. The number of allylic oxidation sites excluding steroid dienone is 4. The molecule has 0 N–H and O–H groups in total. The molecule has 11 heavy (non-hydrogen) atoms. The van der Waals surface area contributed by atoms with Gasteiger partial charge in [-0.3, -0.25) is 4.79 Å². The summed E-state index contributed by atoms with van der Waals surface area (Å²) in [7, 11) is 0. The Bertz CT molecular complexity index is 246. The third kappa shape index (κ3) is 1.45. The van der Waals surface area contributed by atoms with Crippen LogP contribution in [0, 0.1) is 0 Å². The predicted octanol–water partition coefficient (Wildman–Crippen LogP) is 1.42. The van der Waals surface area contributed by atoms with Crippen molar-refractivity contribution in [2.24, 2.45) is 0 Å². The molecule has 0 aromatic carbocycles. The maximum atomic E-state index is 10.5. The first-order valence-electron chi connectivity index (χ1n) is 3.57. The number of carbonyl (C=O) groups excluding carboxylic acids is 2. The molecule has 0 aromatic heterocycles. The van der Waals surface area contributed by atoms with Crippen molar-refractivity contribution < 1.29 is 9.59 Å². The Balaban J connectivity index is 2.83. The largest absolute Gasteiger partial charge is 0.303 e. The van der Waals surface area contributed by atoms with Gasteiger partial charge in [-0.05, 0) is 18.9 Å². The minimum Gasteiger partial charge on any atom is -0.303 e. The van der Waals surface area contributed by atoms with E-state index in [1.54, 1.807) is 0 Å². The number of aldehydes is 2.